The summed E-state index contributed by atoms with van der Waals surface area (Å²) in [4.78, 5) is 23.6. The zero-order valence-corrected chi connectivity index (χ0v) is 18.4. The zero-order valence-electron chi connectivity index (χ0n) is 16.9. The molecule has 1 amide bonds. The van der Waals surface area contributed by atoms with Crippen molar-refractivity contribution in [3.63, 3.8) is 0 Å². The summed E-state index contributed by atoms with van der Waals surface area (Å²) < 4.78 is 0. The molecule has 0 heterocycles. The van der Waals surface area contributed by atoms with Gasteiger partial charge in [-0.15, -0.1) is 0 Å². The van der Waals surface area contributed by atoms with Crippen molar-refractivity contribution in [2.45, 2.75) is 45.2 Å². The maximum absolute atomic E-state index is 12.7. The Balaban J connectivity index is 1.68. The number of hydrogen-bond acceptors (Lipinski definition) is 4. The highest BCUT2D eigenvalue weighted by Gasteiger charge is 2.37. The lowest BCUT2D eigenvalue weighted by atomic mass is 9.88. The van der Waals surface area contributed by atoms with E-state index < -0.39 is 4.92 Å². The van der Waals surface area contributed by atoms with Crippen LogP contribution < -0.4 is 10.6 Å². The van der Waals surface area contributed by atoms with E-state index in [2.05, 4.69) is 24.5 Å². The Labute approximate surface area is 186 Å². The lowest BCUT2D eigenvalue weighted by Gasteiger charge is -2.27. The number of benzene rings is 2. The van der Waals surface area contributed by atoms with Gasteiger partial charge in [-0.05, 0) is 67.5 Å². The van der Waals surface area contributed by atoms with Crippen molar-refractivity contribution >= 4 is 40.5 Å². The van der Waals surface area contributed by atoms with E-state index in [0.29, 0.717) is 27.2 Å². The van der Waals surface area contributed by atoms with Crippen LogP contribution >= 0.6 is 23.2 Å². The van der Waals surface area contributed by atoms with Crippen LogP contribution in [0.15, 0.2) is 42.5 Å². The third-order valence-corrected chi connectivity index (χ3v) is 6.33. The van der Waals surface area contributed by atoms with Gasteiger partial charge in [-0.1, -0.05) is 37.0 Å². The molecule has 0 saturated heterocycles. The number of carbonyl (C=O) groups is 1. The van der Waals surface area contributed by atoms with Crippen LogP contribution in [-0.2, 0) is 0 Å². The molecule has 0 radical (unpaired) electrons. The van der Waals surface area contributed by atoms with E-state index in [1.165, 1.54) is 6.07 Å². The summed E-state index contributed by atoms with van der Waals surface area (Å²) in [5.41, 5.74) is 1.03. The van der Waals surface area contributed by atoms with E-state index in [0.717, 1.165) is 19.3 Å². The first-order valence-electron chi connectivity index (χ1n) is 10.0. The number of nitrogens with one attached hydrogen (secondary N) is 2. The fourth-order valence-electron chi connectivity index (χ4n) is 4.32. The smallest absolute Gasteiger partial charge is 0.293 e. The minimum atomic E-state index is -0.425. The molecular weight excluding hydrogens is 425 g/mol. The minimum absolute atomic E-state index is 0.0233. The van der Waals surface area contributed by atoms with Crippen LogP contribution in [0, 0.1) is 22.0 Å². The Hall–Kier alpha value is -2.31. The van der Waals surface area contributed by atoms with Gasteiger partial charge in [-0.2, -0.15) is 0 Å². The molecule has 0 aliphatic heterocycles. The van der Waals surface area contributed by atoms with Gasteiger partial charge in [0.25, 0.3) is 11.6 Å². The number of carbonyl (C=O) groups excluding carboxylic acids is 1. The molecule has 1 saturated carbocycles. The fourth-order valence-corrected chi connectivity index (χ4v) is 4.61. The van der Waals surface area contributed by atoms with Gasteiger partial charge in [0, 0.05) is 33.8 Å². The standard InChI is InChI=1S/C22H25Cl2N3O3/c1-3-19(26-22(28)14-4-6-15(23)7-5-14)18-12-17(10-13(18)2)25-20-9-8-16(24)11-21(20)27(29)30/h4-9,11,13,17-19,25H,3,10,12H2,1-2H3,(H,26,28)/t13-,17+,18+,19?/m0/s1. The van der Waals surface area contributed by atoms with E-state index in [1.807, 2.05) is 0 Å². The molecule has 160 valence electrons. The van der Waals surface area contributed by atoms with Crippen LogP contribution in [-0.4, -0.2) is 22.9 Å². The normalized spacial score (nSPS) is 21.8. The topological polar surface area (TPSA) is 84.3 Å². The third-order valence-electron chi connectivity index (χ3n) is 5.84. The average molecular weight is 450 g/mol. The van der Waals surface area contributed by atoms with Gasteiger partial charge in [0.1, 0.15) is 5.69 Å². The largest absolute Gasteiger partial charge is 0.377 e. The van der Waals surface area contributed by atoms with E-state index in [9.17, 15) is 14.9 Å². The Bertz CT molecular complexity index is 920. The van der Waals surface area contributed by atoms with Crippen LogP contribution in [0.4, 0.5) is 11.4 Å². The highest BCUT2D eigenvalue weighted by Crippen LogP contribution is 2.38. The molecule has 0 aromatic heterocycles. The van der Waals surface area contributed by atoms with Crippen molar-refractivity contribution in [1.29, 1.82) is 0 Å². The molecule has 2 aromatic rings. The monoisotopic (exact) mass is 449 g/mol. The number of nitro groups is 1. The summed E-state index contributed by atoms with van der Waals surface area (Å²) in [7, 11) is 0. The van der Waals surface area contributed by atoms with Gasteiger partial charge in [-0.3, -0.25) is 14.9 Å². The zero-order chi connectivity index (χ0) is 21.8. The molecule has 1 unspecified atom stereocenters. The summed E-state index contributed by atoms with van der Waals surface area (Å²) in [5.74, 6) is 0.523. The van der Waals surface area contributed by atoms with E-state index >= 15 is 0 Å². The first-order valence-corrected chi connectivity index (χ1v) is 10.8. The second kappa shape index (κ2) is 9.67. The minimum Gasteiger partial charge on any atom is -0.377 e. The van der Waals surface area contributed by atoms with Crippen molar-refractivity contribution in [3.8, 4) is 0 Å². The molecule has 4 atom stereocenters. The van der Waals surface area contributed by atoms with Gasteiger partial charge < -0.3 is 10.6 Å². The highest BCUT2D eigenvalue weighted by molar-refractivity contribution is 6.31. The summed E-state index contributed by atoms with van der Waals surface area (Å²) in [6.45, 7) is 4.23. The fraction of sp³-hybridized carbons (Fsp3) is 0.409. The van der Waals surface area contributed by atoms with Crippen molar-refractivity contribution in [2.75, 3.05) is 5.32 Å². The first-order chi connectivity index (χ1) is 14.3. The van der Waals surface area contributed by atoms with Crippen LogP contribution in [0.25, 0.3) is 0 Å². The Morgan fingerprint density at radius 2 is 1.83 bits per heavy atom. The number of hydrogen-bond donors (Lipinski definition) is 2. The predicted octanol–water partition coefficient (Wildman–Crippen LogP) is 5.94. The molecule has 0 bridgehead atoms. The first kappa shape index (κ1) is 22.4. The molecule has 30 heavy (non-hydrogen) atoms. The maximum Gasteiger partial charge on any atom is 0.293 e. The second-order valence-electron chi connectivity index (χ2n) is 7.87. The number of amides is 1. The molecular formula is C22H25Cl2N3O3. The average Bonchev–Trinajstić information content (AvgIpc) is 3.07. The quantitative estimate of drug-likeness (QED) is 0.404. The SMILES string of the molecule is CCC(NC(=O)c1ccc(Cl)cc1)[C@@H]1C[C@H](Nc2ccc(Cl)cc2[N+](=O)[O-])C[C@@H]1C. The predicted molar refractivity (Wildman–Crippen MR) is 120 cm³/mol. The van der Waals surface area contributed by atoms with Crippen molar-refractivity contribution in [2.24, 2.45) is 11.8 Å². The summed E-state index contributed by atoms with van der Waals surface area (Å²) >= 11 is 11.8. The van der Waals surface area contributed by atoms with Crippen molar-refractivity contribution < 1.29 is 9.72 Å². The number of halogens is 2. The van der Waals surface area contributed by atoms with E-state index in [-0.39, 0.29) is 29.6 Å². The van der Waals surface area contributed by atoms with Crippen LogP contribution in [0.5, 0.6) is 0 Å². The number of nitro benzene ring substituents is 1. The Morgan fingerprint density at radius 3 is 2.47 bits per heavy atom. The molecule has 2 aromatic carbocycles. The van der Waals surface area contributed by atoms with Gasteiger partial charge in [0.05, 0.1) is 4.92 Å². The van der Waals surface area contributed by atoms with Crippen LogP contribution in [0.2, 0.25) is 10.0 Å². The maximum atomic E-state index is 12.7. The second-order valence-corrected chi connectivity index (χ2v) is 8.74. The molecule has 1 aliphatic carbocycles. The Morgan fingerprint density at radius 1 is 1.17 bits per heavy atom. The summed E-state index contributed by atoms with van der Waals surface area (Å²) in [6, 6.07) is 11.6. The van der Waals surface area contributed by atoms with Crippen molar-refractivity contribution in [1.82, 2.24) is 5.32 Å². The highest BCUT2D eigenvalue weighted by atomic mass is 35.5. The van der Waals surface area contributed by atoms with Crippen LogP contribution in [0.1, 0.15) is 43.5 Å². The van der Waals surface area contributed by atoms with E-state index in [1.54, 1.807) is 36.4 Å². The number of nitrogens with zero attached hydrogens (tertiary/aromatic N) is 1. The van der Waals surface area contributed by atoms with Gasteiger partial charge in [-0.25, -0.2) is 0 Å². The molecule has 1 fully saturated rings. The lowest BCUT2D eigenvalue weighted by molar-refractivity contribution is -0.384. The van der Waals surface area contributed by atoms with E-state index in [4.69, 9.17) is 23.2 Å². The molecule has 1 aliphatic rings. The lowest BCUT2D eigenvalue weighted by Crippen LogP contribution is -2.41. The third kappa shape index (κ3) is 5.24. The van der Waals surface area contributed by atoms with Gasteiger partial charge in [0.15, 0.2) is 0 Å². The summed E-state index contributed by atoms with van der Waals surface area (Å²) in [6.07, 6.45) is 2.50. The number of anilines is 1. The molecule has 6 nitrogen and oxygen atoms in total. The van der Waals surface area contributed by atoms with Crippen molar-refractivity contribution in [3.05, 3.63) is 68.2 Å². The van der Waals surface area contributed by atoms with Gasteiger partial charge in [0.2, 0.25) is 0 Å². The molecule has 2 N–H and O–H groups in total. The Kier molecular flexibility index (Phi) is 7.21. The molecule has 3 rings (SSSR count). The molecule has 8 heteroatoms. The van der Waals surface area contributed by atoms with Gasteiger partial charge >= 0.3 is 0 Å². The molecule has 0 spiro atoms. The van der Waals surface area contributed by atoms with Crippen LogP contribution in [0.3, 0.4) is 0 Å². The number of rotatable bonds is 7. The summed E-state index contributed by atoms with van der Waals surface area (Å²) in [5, 5.41) is 18.8.